The number of aromatic nitrogens is 1. The second-order valence-corrected chi connectivity index (χ2v) is 10.5. The molecule has 0 radical (unpaired) electrons. The molecule has 3 heterocycles. The molecule has 2 amide bonds. The van der Waals surface area contributed by atoms with Gasteiger partial charge in [-0.15, -0.1) is 11.3 Å². The summed E-state index contributed by atoms with van der Waals surface area (Å²) in [6, 6.07) is 15.1. The van der Waals surface area contributed by atoms with E-state index in [4.69, 9.17) is 9.47 Å². The van der Waals surface area contributed by atoms with Crippen molar-refractivity contribution in [3.8, 4) is 16.5 Å². The lowest BCUT2D eigenvalue weighted by atomic mass is 9.95. The molecular formula is C29H28FN3O3S. The van der Waals surface area contributed by atoms with Gasteiger partial charge in [0.1, 0.15) is 10.8 Å². The standard InChI is InChI=1S/C29H28FN3O3S/c1-35-24-13-12-20(16-25(24)36-2)31-29(34)33-17-22-21-9-3-4-11-26(21)37-28(22)32-14-6-10-23(32)27(33)18-7-5-8-19(30)15-18/h5-8,10,12-16,27H,3-4,9,11,17H2,1-2H3,(H,31,34). The minimum Gasteiger partial charge on any atom is -0.493 e. The van der Waals surface area contributed by atoms with E-state index in [2.05, 4.69) is 16.1 Å². The number of hydrogen-bond donors (Lipinski definition) is 1. The van der Waals surface area contributed by atoms with Crippen LogP contribution < -0.4 is 14.8 Å². The maximum absolute atomic E-state index is 14.4. The van der Waals surface area contributed by atoms with E-state index in [1.54, 1.807) is 38.5 Å². The molecule has 0 saturated carbocycles. The van der Waals surface area contributed by atoms with E-state index in [-0.39, 0.29) is 11.8 Å². The van der Waals surface area contributed by atoms with Gasteiger partial charge in [0.15, 0.2) is 11.5 Å². The highest BCUT2D eigenvalue weighted by Crippen LogP contribution is 2.44. The molecule has 6 nitrogen and oxygen atoms in total. The number of carbonyl (C=O) groups is 1. The van der Waals surface area contributed by atoms with Crippen LogP contribution in [0.1, 0.15) is 46.1 Å². The average Bonchev–Trinajstić information content (AvgIpc) is 3.50. The van der Waals surface area contributed by atoms with Crippen molar-refractivity contribution >= 4 is 23.1 Å². The summed E-state index contributed by atoms with van der Waals surface area (Å²) in [4.78, 5) is 17.3. The summed E-state index contributed by atoms with van der Waals surface area (Å²) in [5.74, 6) is 0.786. The number of rotatable bonds is 4. The van der Waals surface area contributed by atoms with Gasteiger partial charge in [0, 0.05) is 28.4 Å². The Morgan fingerprint density at radius 2 is 1.84 bits per heavy atom. The van der Waals surface area contributed by atoms with Crippen LogP contribution in [-0.4, -0.2) is 29.7 Å². The second-order valence-electron chi connectivity index (χ2n) is 9.38. The fourth-order valence-electron chi connectivity index (χ4n) is 5.52. The first-order valence-electron chi connectivity index (χ1n) is 12.4. The van der Waals surface area contributed by atoms with E-state index in [0.29, 0.717) is 23.7 Å². The van der Waals surface area contributed by atoms with Crippen LogP contribution in [0.2, 0.25) is 0 Å². The number of amides is 2. The molecule has 2 aliphatic rings. The first-order valence-corrected chi connectivity index (χ1v) is 13.2. The average molecular weight is 518 g/mol. The Balaban J connectivity index is 1.47. The van der Waals surface area contributed by atoms with Crippen molar-refractivity contribution in [1.82, 2.24) is 9.47 Å². The lowest BCUT2D eigenvalue weighted by molar-refractivity contribution is 0.194. The molecule has 1 aliphatic heterocycles. The minimum atomic E-state index is -0.468. The van der Waals surface area contributed by atoms with Crippen LogP contribution in [0.25, 0.3) is 5.00 Å². The van der Waals surface area contributed by atoms with Gasteiger partial charge in [0.25, 0.3) is 0 Å². The highest BCUT2D eigenvalue weighted by Gasteiger charge is 2.36. The number of halogens is 1. The number of nitrogens with zero attached hydrogens (tertiary/aromatic N) is 2. The normalized spacial score (nSPS) is 16.3. The minimum absolute atomic E-state index is 0.266. The third kappa shape index (κ3) is 4.15. The lowest BCUT2D eigenvalue weighted by Gasteiger charge is -2.31. The Hall–Kier alpha value is -3.78. The fraction of sp³-hybridized carbons (Fsp3) is 0.276. The van der Waals surface area contributed by atoms with Crippen molar-refractivity contribution in [3.63, 3.8) is 0 Å². The summed E-state index contributed by atoms with van der Waals surface area (Å²) in [5.41, 5.74) is 4.82. The highest BCUT2D eigenvalue weighted by atomic mass is 32.1. The zero-order valence-corrected chi connectivity index (χ0v) is 21.6. The molecule has 1 N–H and O–H groups in total. The Morgan fingerprint density at radius 1 is 1.00 bits per heavy atom. The molecule has 6 rings (SSSR count). The van der Waals surface area contributed by atoms with Gasteiger partial charge in [-0.1, -0.05) is 12.1 Å². The SMILES string of the molecule is COc1ccc(NC(=O)N2Cc3c(sc4c3CCCC4)-n3cccc3C2c2cccc(F)c2)cc1OC. The predicted octanol–water partition coefficient (Wildman–Crippen LogP) is 6.71. The quantitative estimate of drug-likeness (QED) is 0.327. The summed E-state index contributed by atoms with van der Waals surface area (Å²) >= 11 is 1.83. The fourth-order valence-corrected chi connectivity index (χ4v) is 6.93. The smallest absolute Gasteiger partial charge is 0.322 e. The van der Waals surface area contributed by atoms with Crippen LogP contribution in [0.4, 0.5) is 14.9 Å². The number of methoxy groups -OCH3 is 2. The molecule has 0 spiro atoms. The van der Waals surface area contributed by atoms with Crippen molar-refractivity contribution in [2.75, 3.05) is 19.5 Å². The number of benzene rings is 2. The molecule has 2 aromatic heterocycles. The zero-order chi connectivity index (χ0) is 25.5. The molecule has 1 unspecified atom stereocenters. The molecule has 37 heavy (non-hydrogen) atoms. The summed E-state index contributed by atoms with van der Waals surface area (Å²) in [5, 5.41) is 4.22. The maximum atomic E-state index is 14.4. The number of ether oxygens (including phenoxy) is 2. The molecule has 1 aliphatic carbocycles. The molecule has 0 saturated heterocycles. The van der Waals surface area contributed by atoms with Crippen LogP contribution in [-0.2, 0) is 19.4 Å². The van der Waals surface area contributed by atoms with Gasteiger partial charge in [0.05, 0.1) is 32.5 Å². The summed E-state index contributed by atoms with van der Waals surface area (Å²) in [6.07, 6.45) is 6.50. The number of anilines is 1. The molecule has 0 fully saturated rings. The first kappa shape index (κ1) is 23.6. The monoisotopic (exact) mass is 517 g/mol. The van der Waals surface area contributed by atoms with Gasteiger partial charge in [-0.25, -0.2) is 9.18 Å². The molecule has 0 bridgehead atoms. The number of thiophene rings is 1. The third-order valence-corrected chi connectivity index (χ3v) is 8.57. The summed E-state index contributed by atoms with van der Waals surface area (Å²) in [6.45, 7) is 0.434. The predicted molar refractivity (Wildman–Crippen MR) is 143 cm³/mol. The number of carbonyl (C=O) groups excluding carboxylic acids is 1. The summed E-state index contributed by atoms with van der Waals surface area (Å²) < 4.78 is 27.4. The van der Waals surface area contributed by atoms with Crippen molar-refractivity contribution in [2.45, 2.75) is 38.3 Å². The topological polar surface area (TPSA) is 55.7 Å². The lowest BCUT2D eigenvalue weighted by Crippen LogP contribution is -2.38. The van der Waals surface area contributed by atoms with E-state index < -0.39 is 6.04 Å². The number of hydrogen-bond acceptors (Lipinski definition) is 4. The molecule has 8 heteroatoms. The van der Waals surface area contributed by atoms with Gasteiger partial charge in [0.2, 0.25) is 0 Å². The van der Waals surface area contributed by atoms with Crippen LogP contribution in [0.3, 0.4) is 0 Å². The van der Waals surface area contributed by atoms with Gasteiger partial charge < -0.3 is 24.3 Å². The van der Waals surface area contributed by atoms with Gasteiger partial charge >= 0.3 is 6.03 Å². The number of urea groups is 1. The van der Waals surface area contributed by atoms with E-state index >= 15 is 0 Å². The van der Waals surface area contributed by atoms with Crippen LogP contribution in [0.15, 0.2) is 60.8 Å². The van der Waals surface area contributed by atoms with Crippen LogP contribution in [0, 0.1) is 5.82 Å². The highest BCUT2D eigenvalue weighted by molar-refractivity contribution is 7.15. The Labute approximate surface area is 219 Å². The van der Waals surface area contributed by atoms with E-state index in [1.165, 1.54) is 34.6 Å². The molecule has 2 aromatic carbocycles. The number of nitrogens with one attached hydrogen (secondary N) is 1. The van der Waals surface area contributed by atoms with Gasteiger partial charge in [-0.05, 0) is 73.2 Å². The Kier molecular flexibility index (Phi) is 6.12. The number of aryl methyl sites for hydroxylation is 1. The van der Waals surface area contributed by atoms with Crippen molar-refractivity contribution in [1.29, 1.82) is 0 Å². The van der Waals surface area contributed by atoms with E-state index in [1.807, 2.05) is 34.4 Å². The van der Waals surface area contributed by atoms with E-state index in [0.717, 1.165) is 35.5 Å². The van der Waals surface area contributed by atoms with Crippen molar-refractivity contribution in [3.05, 3.63) is 93.9 Å². The first-order chi connectivity index (χ1) is 18.1. The molecule has 1 atom stereocenters. The van der Waals surface area contributed by atoms with Crippen LogP contribution in [0.5, 0.6) is 11.5 Å². The van der Waals surface area contributed by atoms with Gasteiger partial charge in [-0.3, -0.25) is 0 Å². The molecule has 190 valence electrons. The van der Waals surface area contributed by atoms with Crippen molar-refractivity contribution in [2.24, 2.45) is 0 Å². The maximum Gasteiger partial charge on any atom is 0.322 e. The third-order valence-electron chi connectivity index (χ3n) is 7.24. The van der Waals surface area contributed by atoms with E-state index in [9.17, 15) is 9.18 Å². The van der Waals surface area contributed by atoms with Gasteiger partial charge in [-0.2, -0.15) is 0 Å². The molecular weight excluding hydrogens is 489 g/mol. The largest absolute Gasteiger partial charge is 0.493 e. The summed E-state index contributed by atoms with van der Waals surface area (Å²) in [7, 11) is 3.14. The second kappa shape index (κ2) is 9.59. The molecule has 4 aromatic rings. The number of fused-ring (bicyclic) bond motifs is 5. The zero-order valence-electron chi connectivity index (χ0n) is 20.8. The Morgan fingerprint density at radius 3 is 2.65 bits per heavy atom. The Bertz CT molecular complexity index is 1480. The van der Waals surface area contributed by atoms with Crippen LogP contribution >= 0.6 is 11.3 Å². The van der Waals surface area contributed by atoms with Crippen molar-refractivity contribution < 1.29 is 18.7 Å².